The third-order valence-corrected chi connectivity index (χ3v) is 28.4. The summed E-state index contributed by atoms with van der Waals surface area (Å²) in [7, 11) is 6.48. The number of esters is 2. The van der Waals surface area contributed by atoms with Crippen molar-refractivity contribution in [2.75, 3.05) is 77.9 Å². The third kappa shape index (κ3) is 23.5. The maximum Gasteiger partial charge on any atom is 0.311 e. The van der Waals surface area contributed by atoms with E-state index in [1.165, 1.54) is 36.5 Å². The number of hydrogen-bond acceptors (Lipinski definition) is 14. The second-order valence-electron chi connectivity index (χ2n) is 40.8. The van der Waals surface area contributed by atoms with Crippen LogP contribution in [-0.2, 0) is 42.7 Å². The van der Waals surface area contributed by atoms with Gasteiger partial charge in [-0.05, 0) is 329 Å². The zero-order chi connectivity index (χ0) is 94.0. The van der Waals surface area contributed by atoms with E-state index >= 15 is 0 Å². The Morgan fingerprint density at radius 2 is 0.561 bits per heavy atom. The van der Waals surface area contributed by atoms with Gasteiger partial charge in [-0.25, -0.2) is 0 Å². The molecule has 0 radical (unpaired) electrons. The molecule has 0 heterocycles. The lowest BCUT2D eigenvalue weighted by atomic mass is 9.50. The summed E-state index contributed by atoms with van der Waals surface area (Å²) in [5, 5.41) is 0. The minimum Gasteiger partial charge on any atom is -0.497 e. The Bertz CT molecular complexity index is 5140. The fraction of sp³-hybridized carbons (Fsp3) is 0.458. The largest absolute Gasteiger partial charge is 0.497 e. The van der Waals surface area contributed by atoms with Gasteiger partial charge in [0.15, 0.2) is 0 Å². The highest BCUT2D eigenvalue weighted by Crippen LogP contribution is 2.61. The smallest absolute Gasteiger partial charge is 0.311 e. The van der Waals surface area contributed by atoms with Crippen molar-refractivity contribution >= 4 is 94.7 Å². The molecular weight excluding hydrogens is 1640 g/mol. The van der Waals surface area contributed by atoms with Crippen LogP contribution in [0.15, 0.2) is 170 Å². The van der Waals surface area contributed by atoms with Crippen molar-refractivity contribution in [2.45, 2.75) is 224 Å². The van der Waals surface area contributed by atoms with Gasteiger partial charge in [0.2, 0.25) is 0 Å². The molecule has 702 valence electrons. The van der Waals surface area contributed by atoms with Gasteiger partial charge >= 0.3 is 11.9 Å². The Kier molecular flexibility index (Phi) is 33.2. The molecule has 4 aliphatic carbocycles. The van der Waals surface area contributed by atoms with E-state index in [1.54, 1.807) is 14.2 Å². The molecule has 0 spiro atoms. The van der Waals surface area contributed by atoms with E-state index in [0.29, 0.717) is 75.1 Å². The highest BCUT2D eigenvalue weighted by atomic mass is 16.5. The summed E-state index contributed by atoms with van der Waals surface area (Å²) in [5.74, 6) is 8.90. The van der Waals surface area contributed by atoms with Crippen LogP contribution in [0.5, 0.6) is 46.0 Å². The first-order chi connectivity index (χ1) is 63.4. The molecule has 9 aromatic rings. The molecule has 0 N–H and O–H groups in total. The quantitative estimate of drug-likeness (QED) is 0.0265. The number of ether oxygens (including phenoxy) is 10. The molecule has 4 aliphatic rings. The lowest BCUT2D eigenvalue weighted by Gasteiger charge is -2.54. The van der Waals surface area contributed by atoms with Gasteiger partial charge in [0, 0.05) is 67.5 Å². The second-order valence-corrected chi connectivity index (χ2v) is 40.8. The molecule has 2 unspecified atom stereocenters. The molecule has 2 fully saturated rings. The van der Waals surface area contributed by atoms with E-state index in [9.17, 15) is 9.59 Å². The number of nitrogens with zero attached hydrogens (tertiary/aromatic N) is 2. The number of carbonyl (C=O) groups excluding carboxylic acids is 2. The molecule has 9 aromatic carbocycles. The van der Waals surface area contributed by atoms with Crippen LogP contribution in [0, 0.1) is 58.2 Å². The summed E-state index contributed by atoms with van der Waals surface area (Å²) in [6.07, 6.45) is 31.9. The maximum atomic E-state index is 13.5. The molecule has 0 bridgehead atoms. The number of rotatable bonds is 42. The van der Waals surface area contributed by atoms with Crippen LogP contribution in [0.2, 0.25) is 0 Å². The van der Waals surface area contributed by atoms with Gasteiger partial charge in [-0.15, -0.1) is 0 Å². The van der Waals surface area contributed by atoms with Crippen LogP contribution in [0.1, 0.15) is 267 Å². The number of aryl methyl sites for hydroxylation is 2. The van der Waals surface area contributed by atoms with Crippen LogP contribution in [0.25, 0.3) is 48.6 Å². The van der Waals surface area contributed by atoms with Crippen LogP contribution in [-0.4, -0.2) is 80.0 Å². The summed E-state index contributed by atoms with van der Waals surface area (Å²) < 4.78 is 63.7. The molecule has 0 aliphatic heterocycles. The number of hydrogen-bond donors (Lipinski definition) is 0. The SMILES string of the molecule is COC(=O)[C@]1(C)CCC[C@]2(C)c3ccc(N(c4ccc(/C=C/c5cc(OCCC(C)C)c(/C=C/c6cc(OCCC(C)C)c(/C=C/c7cc(OCCC(C)C)c(/C=C/c8ccc(N(c9ccc(OC)cc9)c9ccc%10c(c9)CCC9[C@](C)(C(=O)OC)CCC[C@]%109C)cc8)cc7OCCC(C)C)cc6OCCC(C)C)cc5OCCC(C)C)cc4)c4ccc(OC)cc4)cc3CCC12. The van der Waals surface area contributed by atoms with Crippen molar-refractivity contribution in [3.05, 3.63) is 237 Å². The Hall–Kier alpha value is -11.1. The van der Waals surface area contributed by atoms with Crippen molar-refractivity contribution < 1.29 is 57.0 Å². The molecule has 2 saturated carbocycles. The van der Waals surface area contributed by atoms with Crippen molar-refractivity contribution in [3.63, 3.8) is 0 Å². The highest BCUT2D eigenvalue weighted by molar-refractivity contribution is 5.87. The van der Waals surface area contributed by atoms with Gasteiger partial charge in [0.1, 0.15) is 46.0 Å². The van der Waals surface area contributed by atoms with E-state index in [4.69, 9.17) is 47.4 Å². The number of carbonyl (C=O) groups is 2. The Morgan fingerprint density at radius 3 is 0.803 bits per heavy atom. The molecule has 13 rings (SSSR count). The third-order valence-electron chi connectivity index (χ3n) is 28.4. The minimum atomic E-state index is -0.518. The number of benzene rings is 9. The first kappa shape index (κ1) is 98.4. The van der Waals surface area contributed by atoms with E-state index in [0.717, 1.165) is 227 Å². The molecule has 0 aromatic heterocycles. The van der Waals surface area contributed by atoms with Crippen LogP contribution in [0.3, 0.4) is 0 Å². The lowest BCUT2D eigenvalue weighted by Crippen LogP contribution is -2.52. The standard InChI is InChI=1S/C118H148N2O12/c1-79(2)55-65-127-105-75-91(107(129-67-57-81(5)6)73-89(105)29-23-85-25-37-95(38-26-85)119(97-41-47-101(123-17)48-42-97)99-45-51-103-87(71-99)35-53-111-115(103,13)61-21-63-117(111,15)113(121)125-19)31-33-93-77-110(132-70-60-84(11)12)94(78-109(93)131-69-59-83(9)10)34-32-92-76-106(128-66-56-80(3)4)90(74-108(92)130-68-58-82(7)8)30-24-86-27-39-96(40-28-86)120(98-43-49-102(124-18)50-44-98)100-46-52-104-88(72-100)36-54-112-116(104,14)62-22-64-118(112,16)114(122)126-20/h23-34,37-52,71-84,111-112H,21-22,35-36,53-70H2,1-20H3/b29-23+,30-24+,33-31+,34-32+/t111?,112?,115-,116-,117-,118-/m1/s1. The fourth-order valence-corrected chi connectivity index (χ4v) is 20.5. The molecule has 14 heteroatoms. The summed E-state index contributed by atoms with van der Waals surface area (Å²) in [4.78, 5) is 31.6. The Labute approximate surface area is 789 Å². The molecule has 0 saturated heterocycles. The highest BCUT2D eigenvalue weighted by Gasteiger charge is 2.57. The maximum absolute atomic E-state index is 13.5. The molecule has 14 nitrogen and oxygen atoms in total. The first-order valence-corrected chi connectivity index (χ1v) is 49.0. The predicted molar refractivity (Wildman–Crippen MR) is 546 cm³/mol. The van der Waals surface area contributed by atoms with Crippen molar-refractivity contribution in [1.82, 2.24) is 0 Å². The minimum absolute atomic E-state index is 0.0876. The molecule has 132 heavy (non-hydrogen) atoms. The summed E-state index contributed by atoms with van der Waals surface area (Å²) in [6.45, 7) is 39.1. The predicted octanol–water partition coefficient (Wildman–Crippen LogP) is 30.2. The average Bonchev–Trinajstić information content (AvgIpc) is 0.723. The molecule has 6 atom stereocenters. The van der Waals surface area contributed by atoms with Crippen molar-refractivity contribution in [2.24, 2.45) is 58.2 Å². The van der Waals surface area contributed by atoms with Gasteiger partial charge < -0.3 is 57.2 Å². The Morgan fingerprint density at radius 1 is 0.318 bits per heavy atom. The monoisotopic (exact) mass is 1790 g/mol. The van der Waals surface area contributed by atoms with Gasteiger partial charge in [-0.3, -0.25) is 9.59 Å². The van der Waals surface area contributed by atoms with Gasteiger partial charge in [0.25, 0.3) is 0 Å². The van der Waals surface area contributed by atoms with Gasteiger partial charge in [0.05, 0.1) is 78.9 Å². The van der Waals surface area contributed by atoms with Gasteiger partial charge in [-0.1, -0.05) is 195 Å². The molecule has 0 amide bonds. The lowest BCUT2D eigenvalue weighted by molar-refractivity contribution is -0.162. The van der Waals surface area contributed by atoms with Crippen LogP contribution >= 0.6 is 0 Å². The van der Waals surface area contributed by atoms with Crippen LogP contribution < -0.4 is 47.7 Å². The van der Waals surface area contributed by atoms with Gasteiger partial charge in [-0.2, -0.15) is 0 Å². The van der Waals surface area contributed by atoms with E-state index in [1.807, 2.05) is 24.3 Å². The number of anilines is 6. The molecular formula is C118H148N2O12. The zero-order valence-corrected chi connectivity index (χ0v) is 82.8. The van der Waals surface area contributed by atoms with E-state index < -0.39 is 10.8 Å². The second kappa shape index (κ2) is 44.6. The summed E-state index contributed by atoms with van der Waals surface area (Å²) >= 11 is 0. The Balaban J connectivity index is 0.826. The van der Waals surface area contributed by atoms with Crippen molar-refractivity contribution in [1.29, 1.82) is 0 Å². The summed E-state index contributed by atoms with van der Waals surface area (Å²) in [6, 6.07) is 61.0. The van der Waals surface area contributed by atoms with Crippen molar-refractivity contribution in [3.8, 4) is 46.0 Å². The number of methoxy groups -OCH3 is 4. The zero-order valence-electron chi connectivity index (χ0n) is 82.8. The first-order valence-electron chi connectivity index (χ1n) is 49.0. The normalized spacial score (nSPS) is 19.4. The average molecular weight is 1790 g/mol. The fourth-order valence-electron chi connectivity index (χ4n) is 20.5. The topological polar surface area (TPSA) is 133 Å². The van der Waals surface area contributed by atoms with E-state index in [-0.39, 0.29) is 34.6 Å². The number of fused-ring (bicyclic) bond motifs is 6. The summed E-state index contributed by atoms with van der Waals surface area (Å²) in [5.41, 5.74) is 17.7. The van der Waals surface area contributed by atoms with E-state index in [2.05, 4.69) is 315 Å². The van der Waals surface area contributed by atoms with Crippen LogP contribution in [0.4, 0.5) is 34.1 Å².